The van der Waals surface area contributed by atoms with Crippen LogP contribution >= 0.6 is 0 Å². The number of carbonyl (C=O) groups is 1. The van der Waals surface area contributed by atoms with Crippen molar-refractivity contribution >= 4 is 27.3 Å². The first-order chi connectivity index (χ1) is 12.3. The van der Waals surface area contributed by atoms with Gasteiger partial charge in [0.2, 0.25) is 5.91 Å². The molecule has 0 fully saturated rings. The van der Waals surface area contributed by atoms with Crippen LogP contribution in [-0.2, 0) is 14.8 Å². The zero-order chi connectivity index (χ0) is 19.3. The van der Waals surface area contributed by atoms with Gasteiger partial charge >= 0.3 is 0 Å². The number of sulfonamides is 1. The number of hydrogen-bond donors (Lipinski definition) is 2. The highest BCUT2D eigenvalue weighted by molar-refractivity contribution is 7.92. The monoisotopic (exact) mass is 374 g/mol. The highest BCUT2D eigenvalue weighted by Crippen LogP contribution is 2.25. The van der Waals surface area contributed by atoms with E-state index in [1.54, 1.807) is 37.3 Å². The second-order valence-corrected chi connectivity index (χ2v) is 8.10. The molecule has 0 saturated carbocycles. The predicted octanol–water partition coefficient (Wildman–Crippen LogP) is 4.66. The molecule has 0 aromatic heterocycles. The summed E-state index contributed by atoms with van der Waals surface area (Å²) in [6.07, 6.45) is 1.36. The van der Waals surface area contributed by atoms with Crippen molar-refractivity contribution in [1.29, 1.82) is 0 Å². The van der Waals surface area contributed by atoms with E-state index in [0.29, 0.717) is 23.7 Å². The molecule has 2 aromatic carbocycles. The molecule has 0 heterocycles. The Morgan fingerprint density at radius 1 is 1.08 bits per heavy atom. The minimum absolute atomic E-state index is 0.122. The molecule has 1 atom stereocenters. The first-order valence-electron chi connectivity index (χ1n) is 8.80. The van der Waals surface area contributed by atoms with E-state index in [4.69, 9.17) is 0 Å². The molecule has 0 aliphatic heterocycles. The number of carbonyl (C=O) groups excluding carboxylic acids is 1. The molecule has 1 unspecified atom stereocenters. The van der Waals surface area contributed by atoms with Gasteiger partial charge in [-0.25, -0.2) is 8.42 Å². The molecule has 0 bridgehead atoms. The number of aryl methyl sites for hydroxylation is 1. The maximum absolute atomic E-state index is 12.7. The van der Waals surface area contributed by atoms with Crippen LogP contribution < -0.4 is 10.0 Å². The van der Waals surface area contributed by atoms with E-state index in [1.807, 2.05) is 19.1 Å². The lowest BCUT2D eigenvalue weighted by Crippen LogP contribution is -2.15. The zero-order valence-corrected chi connectivity index (χ0v) is 16.5. The fourth-order valence-electron chi connectivity index (χ4n) is 2.47. The van der Waals surface area contributed by atoms with Crippen LogP contribution in [0.4, 0.5) is 11.4 Å². The van der Waals surface area contributed by atoms with Gasteiger partial charge in [0.25, 0.3) is 10.0 Å². The fourth-order valence-corrected chi connectivity index (χ4v) is 3.60. The molecule has 26 heavy (non-hydrogen) atoms. The van der Waals surface area contributed by atoms with Gasteiger partial charge in [-0.05, 0) is 54.7 Å². The molecule has 0 aliphatic rings. The van der Waals surface area contributed by atoms with Crippen LogP contribution in [0.15, 0.2) is 47.4 Å². The van der Waals surface area contributed by atoms with Gasteiger partial charge in [-0.2, -0.15) is 0 Å². The van der Waals surface area contributed by atoms with Gasteiger partial charge in [-0.1, -0.05) is 39.0 Å². The average molecular weight is 375 g/mol. The first-order valence-corrected chi connectivity index (χ1v) is 10.3. The standard InChI is InChI=1S/C20H26N2O3S/c1-5-14(3)16-8-11-18(12-9-16)26(24,25)22-19-13-17(10-7-15(19)4)21-20(23)6-2/h7-14,22H,5-6H2,1-4H3,(H,21,23). The van der Waals surface area contributed by atoms with E-state index < -0.39 is 10.0 Å². The van der Waals surface area contributed by atoms with Crippen LogP contribution in [0.3, 0.4) is 0 Å². The normalized spacial score (nSPS) is 12.5. The fraction of sp³-hybridized carbons (Fsp3) is 0.350. The molecular formula is C20H26N2O3S. The largest absolute Gasteiger partial charge is 0.326 e. The first kappa shape index (κ1) is 20.0. The van der Waals surface area contributed by atoms with Crippen molar-refractivity contribution in [3.05, 3.63) is 53.6 Å². The molecule has 1 amide bonds. The third-order valence-corrected chi connectivity index (χ3v) is 5.84. The van der Waals surface area contributed by atoms with E-state index in [-0.39, 0.29) is 10.8 Å². The second kappa shape index (κ2) is 8.36. The van der Waals surface area contributed by atoms with Crippen molar-refractivity contribution in [2.75, 3.05) is 10.0 Å². The van der Waals surface area contributed by atoms with E-state index in [0.717, 1.165) is 17.5 Å². The molecule has 6 heteroatoms. The van der Waals surface area contributed by atoms with E-state index >= 15 is 0 Å². The Balaban J connectivity index is 2.25. The number of nitrogens with one attached hydrogen (secondary N) is 2. The Morgan fingerprint density at radius 3 is 2.31 bits per heavy atom. The maximum atomic E-state index is 12.7. The number of hydrogen-bond acceptors (Lipinski definition) is 3. The van der Waals surface area contributed by atoms with Crippen LogP contribution in [-0.4, -0.2) is 14.3 Å². The molecule has 0 radical (unpaired) electrons. The molecule has 0 spiro atoms. The van der Waals surface area contributed by atoms with Crippen LogP contribution in [0, 0.1) is 6.92 Å². The minimum Gasteiger partial charge on any atom is -0.326 e. The Morgan fingerprint density at radius 2 is 1.73 bits per heavy atom. The summed E-state index contributed by atoms with van der Waals surface area (Å²) in [6.45, 7) is 7.79. The van der Waals surface area contributed by atoms with Gasteiger partial charge in [0.1, 0.15) is 0 Å². The van der Waals surface area contributed by atoms with Gasteiger partial charge in [0.15, 0.2) is 0 Å². The third kappa shape index (κ3) is 4.85. The smallest absolute Gasteiger partial charge is 0.261 e. The number of rotatable bonds is 7. The van der Waals surface area contributed by atoms with Crippen molar-refractivity contribution in [2.45, 2.75) is 51.3 Å². The molecule has 5 nitrogen and oxygen atoms in total. The summed E-state index contributed by atoms with van der Waals surface area (Å²) in [5, 5.41) is 2.74. The van der Waals surface area contributed by atoms with Crippen LogP contribution in [0.2, 0.25) is 0 Å². The average Bonchev–Trinajstić information content (AvgIpc) is 2.63. The highest BCUT2D eigenvalue weighted by atomic mass is 32.2. The van der Waals surface area contributed by atoms with Crippen LogP contribution in [0.25, 0.3) is 0 Å². The second-order valence-electron chi connectivity index (χ2n) is 6.42. The molecule has 140 valence electrons. The summed E-state index contributed by atoms with van der Waals surface area (Å²) >= 11 is 0. The number of amides is 1. The molecule has 2 N–H and O–H groups in total. The quantitative estimate of drug-likeness (QED) is 0.740. The number of anilines is 2. The highest BCUT2D eigenvalue weighted by Gasteiger charge is 2.16. The zero-order valence-electron chi connectivity index (χ0n) is 15.7. The Kier molecular flexibility index (Phi) is 6.42. The van der Waals surface area contributed by atoms with E-state index in [1.165, 1.54) is 0 Å². The summed E-state index contributed by atoms with van der Waals surface area (Å²) < 4.78 is 28.0. The predicted molar refractivity (Wildman–Crippen MR) is 106 cm³/mol. The Hall–Kier alpha value is -2.34. The van der Waals surface area contributed by atoms with Gasteiger partial charge < -0.3 is 5.32 Å². The van der Waals surface area contributed by atoms with Gasteiger partial charge in [-0.3, -0.25) is 9.52 Å². The molecular weight excluding hydrogens is 348 g/mol. The van der Waals surface area contributed by atoms with E-state index in [9.17, 15) is 13.2 Å². The van der Waals surface area contributed by atoms with Gasteiger partial charge in [0.05, 0.1) is 10.6 Å². The van der Waals surface area contributed by atoms with Gasteiger partial charge in [-0.15, -0.1) is 0 Å². The Bertz CT molecular complexity index is 874. The van der Waals surface area contributed by atoms with Crippen molar-refractivity contribution in [3.8, 4) is 0 Å². The SMILES string of the molecule is CCC(=O)Nc1ccc(C)c(NS(=O)(=O)c2ccc(C(C)CC)cc2)c1. The van der Waals surface area contributed by atoms with Crippen LogP contribution in [0.1, 0.15) is 50.7 Å². The molecule has 2 aromatic rings. The lowest BCUT2D eigenvalue weighted by molar-refractivity contribution is -0.115. The van der Waals surface area contributed by atoms with Crippen LogP contribution in [0.5, 0.6) is 0 Å². The summed E-state index contributed by atoms with van der Waals surface area (Å²) in [7, 11) is -3.70. The Labute approximate surface area is 155 Å². The molecule has 0 saturated heterocycles. The minimum atomic E-state index is -3.70. The lowest BCUT2D eigenvalue weighted by Gasteiger charge is -2.14. The maximum Gasteiger partial charge on any atom is 0.261 e. The third-order valence-electron chi connectivity index (χ3n) is 4.46. The summed E-state index contributed by atoms with van der Waals surface area (Å²) in [5.41, 5.74) is 2.91. The van der Waals surface area contributed by atoms with Gasteiger partial charge in [0, 0.05) is 12.1 Å². The van der Waals surface area contributed by atoms with Crippen molar-refractivity contribution in [1.82, 2.24) is 0 Å². The molecule has 2 rings (SSSR count). The van der Waals surface area contributed by atoms with E-state index in [2.05, 4.69) is 23.9 Å². The van der Waals surface area contributed by atoms with Crippen molar-refractivity contribution in [3.63, 3.8) is 0 Å². The van der Waals surface area contributed by atoms with Crippen molar-refractivity contribution < 1.29 is 13.2 Å². The number of benzene rings is 2. The summed E-state index contributed by atoms with van der Waals surface area (Å²) in [4.78, 5) is 11.8. The summed E-state index contributed by atoms with van der Waals surface area (Å²) in [6, 6.07) is 12.1. The summed E-state index contributed by atoms with van der Waals surface area (Å²) in [5.74, 6) is 0.268. The topological polar surface area (TPSA) is 75.3 Å². The van der Waals surface area contributed by atoms with Crippen molar-refractivity contribution in [2.24, 2.45) is 0 Å². The molecule has 0 aliphatic carbocycles. The lowest BCUT2D eigenvalue weighted by atomic mass is 9.99.